The van der Waals surface area contributed by atoms with Crippen LogP contribution in [0.2, 0.25) is 0 Å². The second kappa shape index (κ2) is 9.33. The quantitative estimate of drug-likeness (QED) is 0.353. The van der Waals surface area contributed by atoms with Crippen molar-refractivity contribution in [2.24, 2.45) is 28.6 Å². The second-order valence-corrected chi connectivity index (χ2v) is 13.5. The number of nitrogens with zero attached hydrogens (tertiary/aromatic N) is 5. The molecule has 4 aliphatic carbocycles. The van der Waals surface area contributed by atoms with Crippen LogP contribution >= 0.6 is 11.8 Å². The Labute approximate surface area is 238 Å². The predicted molar refractivity (Wildman–Crippen MR) is 152 cm³/mol. The highest BCUT2D eigenvalue weighted by Gasteiger charge is 2.68. The van der Waals surface area contributed by atoms with E-state index in [4.69, 9.17) is 0 Å². The number of ketones is 1. The Morgan fingerprint density at radius 3 is 2.70 bits per heavy atom. The molecular formula is C31H35N5O3S. The highest BCUT2D eigenvalue weighted by Crippen LogP contribution is 2.67. The maximum Gasteiger partial charge on any atom is 0.187 e. The molecule has 4 aliphatic rings. The summed E-state index contributed by atoms with van der Waals surface area (Å²) in [5.74, 6) is 1.26. The summed E-state index contributed by atoms with van der Waals surface area (Å²) in [5, 5.41) is 29.1. The van der Waals surface area contributed by atoms with Gasteiger partial charge in [0.15, 0.2) is 16.8 Å². The summed E-state index contributed by atoms with van der Waals surface area (Å²) in [6.45, 7) is 4.36. The van der Waals surface area contributed by atoms with Gasteiger partial charge in [-0.15, -0.1) is 0 Å². The number of aliphatic hydroxyl groups excluding tert-OH is 1. The van der Waals surface area contributed by atoms with Crippen LogP contribution in [0.15, 0.2) is 59.8 Å². The lowest BCUT2D eigenvalue weighted by Gasteiger charge is -2.60. The van der Waals surface area contributed by atoms with Gasteiger partial charge in [0.25, 0.3) is 0 Å². The molecule has 3 aromatic heterocycles. The molecule has 2 N–H and O–H groups in total. The predicted octanol–water partition coefficient (Wildman–Crippen LogP) is 4.30. The molecule has 3 saturated carbocycles. The van der Waals surface area contributed by atoms with Crippen molar-refractivity contribution in [2.45, 2.75) is 69.2 Å². The Balaban J connectivity index is 1.17. The molecule has 0 bridgehead atoms. The molecule has 0 amide bonds. The normalized spacial score (nSPS) is 36.1. The monoisotopic (exact) mass is 557 g/mol. The molecule has 208 valence electrons. The van der Waals surface area contributed by atoms with E-state index in [1.54, 1.807) is 24.7 Å². The Bertz CT molecular complexity index is 1480. The number of aromatic nitrogens is 5. The van der Waals surface area contributed by atoms with Crippen LogP contribution in [0.3, 0.4) is 0 Å². The van der Waals surface area contributed by atoms with E-state index in [9.17, 15) is 15.0 Å². The van der Waals surface area contributed by atoms with E-state index >= 15 is 0 Å². The molecule has 3 fully saturated rings. The fraction of sp³-hybridized carbons (Fsp3) is 0.516. The van der Waals surface area contributed by atoms with Gasteiger partial charge in [0.1, 0.15) is 5.60 Å². The lowest BCUT2D eigenvalue weighted by Crippen LogP contribution is -2.62. The summed E-state index contributed by atoms with van der Waals surface area (Å²) >= 11 is 1.27. The zero-order valence-electron chi connectivity index (χ0n) is 22.9. The van der Waals surface area contributed by atoms with Crippen molar-refractivity contribution in [3.8, 4) is 5.82 Å². The molecule has 40 heavy (non-hydrogen) atoms. The maximum atomic E-state index is 13.6. The average molecular weight is 558 g/mol. The molecule has 8 nitrogen and oxygen atoms in total. The zero-order valence-corrected chi connectivity index (χ0v) is 23.7. The van der Waals surface area contributed by atoms with Gasteiger partial charge in [-0.25, -0.2) is 19.6 Å². The van der Waals surface area contributed by atoms with Crippen LogP contribution in [-0.4, -0.2) is 58.2 Å². The van der Waals surface area contributed by atoms with E-state index in [0.717, 1.165) is 37.2 Å². The first-order valence-corrected chi connectivity index (χ1v) is 15.3. The van der Waals surface area contributed by atoms with Crippen LogP contribution in [0.1, 0.15) is 57.2 Å². The number of thioether (sulfide) groups is 1. The first-order chi connectivity index (χ1) is 19.2. The first kappa shape index (κ1) is 26.0. The molecule has 3 heterocycles. The van der Waals surface area contributed by atoms with Gasteiger partial charge in [-0.05, 0) is 91.5 Å². The molecule has 0 spiro atoms. The van der Waals surface area contributed by atoms with Crippen LogP contribution < -0.4 is 0 Å². The number of carbonyl (C=O) groups is 1. The molecule has 7 rings (SSSR count). The van der Waals surface area contributed by atoms with Gasteiger partial charge < -0.3 is 10.2 Å². The van der Waals surface area contributed by atoms with Crippen LogP contribution in [0.25, 0.3) is 11.9 Å². The van der Waals surface area contributed by atoms with Crippen molar-refractivity contribution in [1.82, 2.24) is 24.7 Å². The molecule has 7 atom stereocenters. The number of rotatable bonds is 5. The van der Waals surface area contributed by atoms with Crippen LogP contribution in [0.4, 0.5) is 0 Å². The Morgan fingerprint density at radius 1 is 1.12 bits per heavy atom. The smallest absolute Gasteiger partial charge is 0.187 e. The number of carbonyl (C=O) groups excluding carboxylic acids is 1. The second-order valence-electron chi connectivity index (χ2n) is 12.6. The van der Waals surface area contributed by atoms with E-state index in [1.807, 2.05) is 29.1 Å². The van der Waals surface area contributed by atoms with E-state index in [0.29, 0.717) is 18.0 Å². The SMILES string of the molecule is CC12Cc3cnn(-c4ccccn4)c3C=C1CCC1C2C(O)CC2(C)C1CC[C@]2(O)C(=O)CSc1ncccn1. The minimum Gasteiger partial charge on any atom is -0.393 e. The summed E-state index contributed by atoms with van der Waals surface area (Å²) in [4.78, 5) is 26.5. The molecule has 0 aliphatic heterocycles. The van der Waals surface area contributed by atoms with Gasteiger partial charge in [0, 0.05) is 24.0 Å². The molecule has 0 saturated heterocycles. The fourth-order valence-electron chi connectivity index (χ4n) is 8.92. The van der Waals surface area contributed by atoms with Gasteiger partial charge >= 0.3 is 0 Å². The Hall–Kier alpha value is -2.88. The number of pyridine rings is 1. The first-order valence-electron chi connectivity index (χ1n) is 14.3. The van der Waals surface area contributed by atoms with Crippen molar-refractivity contribution in [3.63, 3.8) is 0 Å². The summed E-state index contributed by atoms with van der Waals surface area (Å²) in [7, 11) is 0. The van der Waals surface area contributed by atoms with E-state index in [-0.39, 0.29) is 34.7 Å². The van der Waals surface area contributed by atoms with Crippen LogP contribution in [0.5, 0.6) is 0 Å². The van der Waals surface area contributed by atoms with Crippen molar-refractivity contribution in [3.05, 3.63) is 65.9 Å². The summed E-state index contributed by atoms with van der Waals surface area (Å²) in [5.41, 5.74) is 1.32. The van der Waals surface area contributed by atoms with E-state index < -0.39 is 17.1 Å². The standard InChI is InChI=1S/C31H35N5O3S/c1-29-15-19-17-35-36(26-6-3-4-11-32-26)23(19)14-20(29)7-8-21-22-9-10-31(39,30(22,2)16-24(37)27(21)29)25(38)18-40-28-33-12-5-13-34-28/h3-6,11-14,17,21-22,24,27,37,39H,7-10,15-16,18H2,1-2H3/t21?,22?,24?,27?,29?,30?,31-/m0/s1. The number of fused-ring (bicyclic) bond motifs is 6. The average Bonchev–Trinajstić information content (AvgIpc) is 3.48. The highest BCUT2D eigenvalue weighted by molar-refractivity contribution is 7.99. The molecule has 9 heteroatoms. The van der Waals surface area contributed by atoms with E-state index in [2.05, 4.69) is 40.0 Å². The fourth-order valence-corrected chi connectivity index (χ4v) is 9.69. The summed E-state index contributed by atoms with van der Waals surface area (Å²) < 4.78 is 1.92. The minimum atomic E-state index is -1.45. The van der Waals surface area contributed by atoms with Crippen LogP contribution in [-0.2, 0) is 11.2 Å². The molecule has 6 unspecified atom stereocenters. The van der Waals surface area contributed by atoms with Crippen molar-refractivity contribution in [1.29, 1.82) is 0 Å². The Morgan fingerprint density at radius 2 is 1.93 bits per heavy atom. The lowest BCUT2D eigenvalue weighted by atomic mass is 9.45. The van der Waals surface area contributed by atoms with Gasteiger partial charge in [-0.1, -0.05) is 37.2 Å². The van der Waals surface area contributed by atoms with Gasteiger partial charge in [0.05, 0.1) is 23.7 Å². The summed E-state index contributed by atoms with van der Waals surface area (Å²) in [6, 6.07) is 7.59. The topological polar surface area (TPSA) is 114 Å². The maximum absolute atomic E-state index is 13.6. The summed E-state index contributed by atoms with van der Waals surface area (Å²) in [6.07, 6.45) is 13.1. The van der Waals surface area contributed by atoms with Gasteiger partial charge in [0.2, 0.25) is 0 Å². The molecule has 3 aromatic rings. The number of hydrogen-bond acceptors (Lipinski definition) is 8. The largest absolute Gasteiger partial charge is 0.393 e. The minimum absolute atomic E-state index is 0.0708. The molecule has 0 aromatic carbocycles. The number of allylic oxidation sites excluding steroid dienone is 1. The van der Waals surface area contributed by atoms with Crippen molar-refractivity contribution >= 4 is 23.6 Å². The van der Waals surface area contributed by atoms with Crippen LogP contribution in [0, 0.1) is 28.6 Å². The zero-order chi connectivity index (χ0) is 27.7. The lowest BCUT2D eigenvalue weighted by molar-refractivity contribution is -0.177. The number of Topliss-reactive ketones (excluding diaryl/α,β-unsaturated/α-hetero) is 1. The van der Waals surface area contributed by atoms with Crippen molar-refractivity contribution < 1.29 is 15.0 Å². The third kappa shape index (κ3) is 3.70. The highest BCUT2D eigenvalue weighted by atomic mass is 32.2. The van der Waals surface area contributed by atoms with Gasteiger partial charge in [-0.2, -0.15) is 5.10 Å². The molecule has 0 radical (unpaired) electrons. The third-order valence-corrected chi connectivity index (χ3v) is 11.7. The van der Waals surface area contributed by atoms with E-state index in [1.165, 1.54) is 22.9 Å². The van der Waals surface area contributed by atoms with Crippen molar-refractivity contribution in [2.75, 3.05) is 5.75 Å². The Kier molecular flexibility index (Phi) is 6.07. The molecular weight excluding hydrogens is 522 g/mol. The number of aliphatic hydroxyl groups is 2. The number of hydrogen-bond donors (Lipinski definition) is 2. The third-order valence-electron chi connectivity index (χ3n) is 10.8. The van der Waals surface area contributed by atoms with Gasteiger partial charge in [-0.3, -0.25) is 4.79 Å².